The second-order valence-electron chi connectivity index (χ2n) is 3.32. The first-order chi connectivity index (χ1) is 7.20. The molecule has 82 valence electrons. The summed E-state index contributed by atoms with van der Waals surface area (Å²) in [6.45, 7) is 4.33. The molecule has 0 aliphatic heterocycles. The van der Waals surface area contributed by atoms with Crippen molar-refractivity contribution in [1.29, 1.82) is 0 Å². The Bertz CT molecular complexity index is 313. The van der Waals surface area contributed by atoms with Gasteiger partial charge >= 0.3 is 0 Å². The second kappa shape index (κ2) is 5.96. The van der Waals surface area contributed by atoms with Crippen molar-refractivity contribution in [2.45, 2.75) is 13.8 Å². The van der Waals surface area contributed by atoms with Crippen molar-refractivity contribution in [3.8, 4) is 5.75 Å². The Labute approximate surface area is 90.0 Å². The molecule has 3 heteroatoms. The first-order valence-electron chi connectivity index (χ1n) is 4.87. The van der Waals surface area contributed by atoms with Crippen LogP contribution in [0.3, 0.4) is 0 Å². The van der Waals surface area contributed by atoms with Gasteiger partial charge < -0.3 is 14.6 Å². The molecular formula is C12H16O3. The van der Waals surface area contributed by atoms with E-state index in [2.05, 4.69) is 0 Å². The van der Waals surface area contributed by atoms with E-state index in [-0.39, 0.29) is 5.95 Å². The van der Waals surface area contributed by atoms with Crippen LogP contribution in [0, 0.1) is 0 Å². The van der Waals surface area contributed by atoms with Gasteiger partial charge in [-0.15, -0.1) is 0 Å². The van der Waals surface area contributed by atoms with Gasteiger partial charge in [-0.05, 0) is 26.0 Å². The SMILES string of the molecule is CC(C)=C(O)OCCOc1ccccc1. The number of aliphatic hydroxyl groups excluding tert-OH is 1. The fourth-order valence-corrected chi connectivity index (χ4v) is 0.959. The molecule has 0 saturated heterocycles. The van der Waals surface area contributed by atoms with Gasteiger partial charge in [0, 0.05) is 5.57 Å². The van der Waals surface area contributed by atoms with E-state index in [1.165, 1.54) is 0 Å². The van der Waals surface area contributed by atoms with Crippen molar-refractivity contribution in [2.75, 3.05) is 13.2 Å². The van der Waals surface area contributed by atoms with Crippen LogP contribution in [0.5, 0.6) is 5.75 Å². The zero-order valence-electron chi connectivity index (χ0n) is 9.06. The summed E-state index contributed by atoms with van der Waals surface area (Å²) in [5.41, 5.74) is 0.759. The van der Waals surface area contributed by atoms with E-state index < -0.39 is 0 Å². The van der Waals surface area contributed by atoms with Gasteiger partial charge in [-0.25, -0.2) is 0 Å². The Kier molecular flexibility index (Phi) is 4.54. The average molecular weight is 208 g/mol. The van der Waals surface area contributed by atoms with Crippen LogP contribution in [-0.4, -0.2) is 18.3 Å². The fraction of sp³-hybridized carbons (Fsp3) is 0.333. The van der Waals surface area contributed by atoms with Crippen LogP contribution in [0.2, 0.25) is 0 Å². The normalized spacial score (nSPS) is 9.47. The van der Waals surface area contributed by atoms with E-state index in [1.54, 1.807) is 13.8 Å². The number of aliphatic hydroxyl groups is 1. The van der Waals surface area contributed by atoms with Crippen molar-refractivity contribution in [3.63, 3.8) is 0 Å². The molecule has 0 bridgehead atoms. The van der Waals surface area contributed by atoms with Crippen molar-refractivity contribution < 1.29 is 14.6 Å². The lowest BCUT2D eigenvalue weighted by atomic mass is 10.3. The number of allylic oxidation sites excluding steroid dienone is 1. The molecule has 0 heterocycles. The molecule has 0 aliphatic rings. The van der Waals surface area contributed by atoms with Crippen LogP contribution in [-0.2, 0) is 4.74 Å². The van der Waals surface area contributed by atoms with Gasteiger partial charge in [0.1, 0.15) is 19.0 Å². The lowest BCUT2D eigenvalue weighted by molar-refractivity contribution is 0.0684. The van der Waals surface area contributed by atoms with Crippen LogP contribution in [0.15, 0.2) is 41.9 Å². The first kappa shape index (κ1) is 11.4. The van der Waals surface area contributed by atoms with E-state index in [4.69, 9.17) is 9.47 Å². The Morgan fingerprint density at radius 3 is 2.40 bits per heavy atom. The minimum absolute atomic E-state index is 0.0216. The molecule has 1 aromatic carbocycles. The van der Waals surface area contributed by atoms with Gasteiger partial charge in [0.2, 0.25) is 0 Å². The molecular weight excluding hydrogens is 192 g/mol. The molecule has 0 fully saturated rings. The van der Waals surface area contributed by atoms with Gasteiger partial charge in [0.15, 0.2) is 0 Å². The lowest BCUT2D eigenvalue weighted by Gasteiger charge is -2.07. The van der Waals surface area contributed by atoms with E-state index in [0.29, 0.717) is 13.2 Å². The highest BCUT2D eigenvalue weighted by Gasteiger charge is 1.97. The number of rotatable bonds is 5. The summed E-state index contributed by atoms with van der Waals surface area (Å²) < 4.78 is 10.4. The lowest BCUT2D eigenvalue weighted by Crippen LogP contribution is -2.06. The molecule has 3 nitrogen and oxygen atoms in total. The molecule has 0 aromatic heterocycles. The third kappa shape index (κ3) is 4.40. The number of ether oxygens (including phenoxy) is 2. The zero-order valence-corrected chi connectivity index (χ0v) is 9.06. The van der Waals surface area contributed by atoms with E-state index in [9.17, 15) is 5.11 Å². The van der Waals surface area contributed by atoms with E-state index in [0.717, 1.165) is 11.3 Å². The number of hydrogen-bond acceptors (Lipinski definition) is 3. The van der Waals surface area contributed by atoms with Gasteiger partial charge in [-0.3, -0.25) is 0 Å². The maximum atomic E-state index is 9.23. The van der Waals surface area contributed by atoms with Crippen LogP contribution in [0.25, 0.3) is 0 Å². The average Bonchev–Trinajstić information content (AvgIpc) is 2.25. The molecule has 0 radical (unpaired) electrons. The predicted octanol–water partition coefficient (Wildman–Crippen LogP) is 2.89. The summed E-state index contributed by atoms with van der Waals surface area (Å²) in [4.78, 5) is 0. The fourth-order valence-electron chi connectivity index (χ4n) is 0.959. The van der Waals surface area contributed by atoms with Gasteiger partial charge in [0.05, 0.1) is 0 Å². The van der Waals surface area contributed by atoms with Crippen molar-refractivity contribution >= 4 is 0 Å². The highest BCUT2D eigenvalue weighted by Crippen LogP contribution is 2.08. The van der Waals surface area contributed by atoms with Crippen molar-refractivity contribution in [3.05, 3.63) is 41.9 Å². The summed E-state index contributed by atoms with van der Waals surface area (Å²) >= 11 is 0. The number of hydrogen-bond donors (Lipinski definition) is 1. The largest absolute Gasteiger partial charge is 0.490 e. The Morgan fingerprint density at radius 2 is 1.80 bits per heavy atom. The first-order valence-corrected chi connectivity index (χ1v) is 4.87. The highest BCUT2D eigenvalue weighted by atomic mass is 16.6. The Balaban J connectivity index is 2.21. The summed E-state index contributed by atoms with van der Waals surface area (Å²) in [5.74, 6) is 0.782. The molecule has 1 aromatic rings. The summed E-state index contributed by atoms with van der Waals surface area (Å²) in [5, 5.41) is 9.23. The van der Waals surface area contributed by atoms with E-state index >= 15 is 0 Å². The third-order valence-corrected chi connectivity index (χ3v) is 1.76. The molecule has 0 aliphatic carbocycles. The molecule has 1 rings (SSSR count). The number of benzene rings is 1. The second-order valence-corrected chi connectivity index (χ2v) is 3.32. The minimum Gasteiger partial charge on any atom is -0.490 e. The van der Waals surface area contributed by atoms with Crippen LogP contribution in [0.4, 0.5) is 0 Å². The van der Waals surface area contributed by atoms with Gasteiger partial charge in [-0.1, -0.05) is 18.2 Å². The molecule has 0 atom stereocenters. The highest BCUT2D eigenvalue weighted by molar-refractivity contribution is 5.20. The summed E-state index contributed by atoms with van der Waals surface area (Å²) in [6, 6.07) is 9.49. The van der Waals surface area contributed by atoms with Crippen LogP contribution >= 0.6 is 0 Å². The molecule has 0 saturated carbocycles. The predicted molar refractivity (Wildman–Crippen MR) is 58.9 cm³/mol. The molecule has 1 N–H and O–H groups in total. The van der Waals surface area contributed by atoms with Crippen LogP contribution in [0.1, 0.15) is 13.8 Å². The summed E-state index contributed by atoms with van der Waals surface area (Å²) in [7, 11) is 0. The van der Waals surface area contributed by atoms with Crippen LogP contribution < -0.4 is 4.74 Å². The monoisotopic (exact) mass is 208 g/mol. The number of para-hydroxylation sites is 1. The molecule has 15 heavy (non-hydrogen) atoms. The zero-order chi connectivity index (χ0) is 11.1. The van der Waals surface area contributed by atoms with E-state index in [1.807, 2.05) is 30.3 Å². The Morgan fingerprint density at radius 1 is 1.13 bits per heavy atom. The third-order valence-electron chi connectivity index (χ3n) is 1.76. The summed E-state index contributed by atoms with van der Waals surface area (Å²) in [6.07, 6.45) is 0. The van der Waals surface area contributed by atoms with Crippen molar-refractivity contribution in [1.82, 2.24) is 0 Å². The maximum Gasteiger partial charge on any atom is 0.275 e. The molecule has 0 unspecified atom stereocenters. The Hall–Kier alpha value is -1.64. The smallest absolute Gasteiger partial charge is 0.275 e. The van der Waals surface area contributed by atoms with Gasteiger partial charge in [-0.2, -0.15) is 0 Å². The van der Waals surface area contributed by atoms with Crippen molar-refractivity contribution in [2.24, 2.45) is 0 Å². The molecule has 0 amide bonds. The molecule has 0 spiro atoms. The van der Waals surface area contributed by atoms with Gasteiger partial charge in [0.25, 0.3) is 5.95 Å². The maximum absolute atomic E-state index is 9.23. The minimum atomic E-state index is -0.0216. The standard InChI is InChI=1S/C12H16O3/c1-10(2)12(13)15-9-8-14-11-6-4-3-5-7-11/h3-7,13H,8-9H2,1-2H3. The quantitative estimate of drug-likeness (QED) is 0.597. The topological polar surface area (TPSA) is 38.7 Å².